The summed E-state index contributed by atoms with van der Waals surface area (Å²) < 4.78 is 11.2. The van der Waals surface area contributed by atoms with Gasteiger partial charge in [0, 0.05) is 20.1 Å². The van der Waals surface area contributed by atoms with Gasteiger partial charge in [0.05, 0.1) is 0 Å². The summed E-state index contributed by atoms with van der Waals surface area (Å²) >= 11 is 0. The second-order valence-electron chi connectivity index (χ2n) is 4.56. The van der Waals surface area contributed by atoms with Crippen LogP contribution in [-0.4, -0.2) is 30.4 Å². The van der Waals surface area contributed by atoms with E-state index < -0.39 is 0 Å². The Labute approximate surface area is 119 Å². The van der Waals surface area contributed by atoms with Crippen molar-refractivity contribution in [2.45, 2.75) is 25.9 Å². The molecule has 0 aliphatic rings. The third-order valence-electron chi connectivity index (χ3n) is 2.99. The van der Waals surface area contributed by atoms with Crippen LogP contribution >= 0.6 is 0 Å². The highest BCUT2D eigenvalue weighted by Crippen LogP contribution is 2.23. The lowest BCUT2D eigenvalue weighted by Crippen LogP contribution is -2.17. The molecule has 2 aromatic rings. The fourth-order valence-electron chi connectivity index (χ4n) is 1.98. The lowest BCUT2D eigenvalue weighted by molar-refractivity contribution is 0.110. The van der Waals surface area contributed by atoms with Gasteiger partial charge in [-0.05, 0) is 18.5 Å². The van der Waals surface area contributed by atoms with Crippen LogP contribution in [0.15, 0.2) is 34.7 Å². The summed E-state index contributed by atoms with van der Waals surface area (Å²) in [5.41, 5.74) is 1.01. The fraction of sp³-hybridized carbons (Fsp3) is 0.467. The number of nitrogens with zero attached hydrogens (tertiary/aromatic N) is 2. The molecule has 1 N–H and O–H groups in total. The van der Waals surface area contributed by atoms with E-state index in [1.807, 2.05) is 30.3 Å². The molecule has 1 unspecified atom stereocenters. The van der Waals surface area contributed by atoms with E-state index in [-0.39, 0.29) is 6.10 Å². The van der Waals surface area contributed by atoms with E-state index in [0.717, 1.165) is 31.5 Å². The van der Waals surface area contributed by atoms with E-state index in [2.05, 4.69) is 22.4 Å². The predicted molar refractivity (Wildman–Crippen MR) is 76.5 cm³/mol. The van der Waals surface area contributed by atoms with Crippen LogP contribution in [0.3, 0.4) is 0 Å². The Morgan fingerprint density at radius 1 is 1.20 bits per heavy atom. The predicted octanol–water partition coefficient (Wildman–Crippen LogP) is 2.35. The topological polar surface area (TPSA) is 60.2 Å². The lowest BCUT2D eigenvalue weighted by Gasteiger charge is -2.10. The molecular weight excluding hydrogens is 254 g/mol. The fourth-order valence-corrected chi connectivity index (χ4v) is 1.98. The van der Waals surface area contributed by atoms with Crippen LogP contribution in [0.4, 0.5) is 0 Å². The summed E-state index contributed by atoms with van der Waals surface area (Å²) in [5.74, 6) is 1.14. The smallest absolute Gasteiger partial charge is 0.249 e. The minimum absolute atomic E-state index is 0.305. The van der Waals surface area contributed by atoms with E-state index in [4.69, 9.17) is 9.15 Å². The summed E-state index contributed by atoms with van der Waals surface area (Å²) in [6.07, 6.45) is 1.55. The maximum atomic E-state index is 5.68. The molecule has 0 saturated carbocycles. The number of rotatable bonds is 8. The Morgan fingerprint density at radius 2 is 2.00 bits per heavy atom. The van der Waals surface area contributed by atoms with Crippen molar-refractivity contribution in [2.75, 3.05) is 20.2 Å². The van der Waals surface area contributed by atoms with Gasteiger partial charge in [0.2, 0.25) is 11.8 Å². The van der Waals surface area contributed by atoms with Crippen molar-refractivity contribution >= 4 is 0 Å². The van der Waals surface area contributed by atoms with Gasteiger partial charge in [-0.3, -0.25) is 0 Å². The maximum absolute atomic E-state index is 5.68. The van der Waals surface area contributed by atoms with Crippen LogP contribution in [0.5, 0.6) is 0 Å². The van der Waals surface area contributed by atoms with Gasteiger partial charge in [0.25, 0.3) is 0 Å². The average Bonchev–Trinajstić information content (AvgIpc) is 2.94. The Bertz CT molecular complexity index is 499. The van der Waals surface area contributed by atoms with E-state index in [0.29, 0.717) is 11.8 Å². The highest BCUT2D eigenvalue weighted by Gasteiger charge is 2.19. The second-order valence-corrected chi connectivity index (χ2v) is 4.56. The first kappa shape index (κ1) is 14.7. The number of methoxy groups -OCH3 is 1. The maximum Gasteiger partial charge on any atom is 0.249 e. The monoisotopic (exact) mass is 275 g/mol. The molecule has 0 saturated heterocycles. The largest absolute Gasteiger partial charge is 0.422 e. The molecule has 0 spiro atoms. The van der Waals surface area contributed by atoms with E-state index in [1.54, 1.807) is 7.11 Å². The quantitative estimate of drug-likeness (QED) is 0.749. The van der Waals surface area contributed by atoms with Crippen LogP contribution in [0, 0.1) is 0 Å². The summed E-state index contributed by atoms with van der Waals surface area (Å²) in [6.45, 7) is 3.99. The molecule has 0 aliphatic carbocycles. The highest BCUT2D eigenvalue weighted by atomic mass is 16.5. The van der Waals surface area contributed by atoms with Gasteiger partial charge in [-0.15, -0.1) is 10.2 Å². The molecule has 1 aromatic carbocycles. The minimum Gasteiger partial charge on any atom is -0.422 e. The third-order valence-corrected chi connectivity index (χ3v) is 2.99. The molecule has 0 amide bonds. The van der Waals surface area contributed by atoms with Gasteiger partial charge in [-0.1, -0.05) is 37.3 Å². The molecule has 1 atom stereocenters. The van der Waals surface area contributed by atoms with Crippen LogP contribution in [0.2, 0.25) is 0 Å². The summed E-state index contributed by atoms with van der Waals surface area (Å²) in [7, 11) is 1.64. The van der Waals surface area contributed by atoms with Crippen LogP contribution in [0.1, 0.15) is 36.8 Å². The minimum atomic E-state index is -0.305. The summed E-state index contributed by atoms with van der Waals surface area (Å²) in [6, 6.07) is 9.87. The number of hydrogen-bond donors (Lipinski definition) is 1. The standard InChI is InChI=1S/C15H21N3O2/c1-3-10-16-11-9-13-17-18-15(20-13)14(19-2)12-7-5-4-6-8-12/h4-8,14,16H,3,9-11H2,1-2H3. The van der Waals surface area contributed by atoms with Gasteiger partial charge >= 0.3 is 0 Å². The van der Waals surface area contributed by atoms with Crippen molar-refractivity contribution in [3.8, 4) is 0 Å². The zero-order valence-corrected chi connectivity index (χ0v) is 12.0. The van der Waals surface area contributed by atoms with Crippen LogP contribution < -0.4 is 5.32 Å². The van der Waals surface area contributed by atoms with Crippen molar-refractivity contribution < 1.29 is 9.15 Å². The molecule has 5 nitrogen and oxygen atoms in total. The zero-order valence-electron chi connectivity index (χ0n) is 12.0. The molecule has 2 rings (SSSR count). The SMILES string of the molecule is CCCNCCc1nnc(C(OC)c2ccccc2)o1. The summed E-state index contributed by atoms with van der Waals surface area (Å²) in [5, 5.41) is 11.5. The Hall–Kier alpha value is -1.72. The zero-order chi connectivity index (χ0) is 14.2. The van der Waals surface area contributed by atoms with Crippen molar-refractivity contribution in [1.82, 2.24) is 15.5 Å². The number of aromatic nitrogens is 2. The molecule has 1 aromatic heterocycles. The van der Waals surface area contributed by atoms with E-state index in [9.17, 15) is 0 Å². The Morgan fingerprint density at radius 3 is 2.70 bits per heavy atom. The molecule has 0 radical (unpaired) electrons. The Kier molecular flexibility index (Phi) is 5.70. The number of nitrogens with one attached hydrogen (secondary N) is 1. The van der Waals surface area contributed by atoms with Crippen molar-refractivity contribution in [1.29, 1.82) is 0 Å². The summed E-state index contributed by atoms with van der Waals surface area (Å²) in [4.78, 5) is 0. The first-order chi connectivity index (χ1) is 9.85. The van der Waals surface area contributed by atoms with Crippen molar-refractivity contribution in [3.63, 3.8) is 0 Å². The normalized spacial score (nSPS) is 12.5. The number of hydrogen-bond acceptors (Lipinski definition) is 5. The third kappa shape index (κ3) is 3.88. The molecule has 108 valence electrons. The van der Waals surface area contributed by atoms with Crippen LogP contribution in [-0.2, 0) is 11.2 Å². The van der Waals surface area contributed by atoms with E-state index in [1.165, 1.54) is 0 Å². The van der Waals surface area contributed by atoms with Gasteiger partial charge < -0.3 is 14.5 Å². The highest BCUT2D eigenvalue weighted by molar-refractivity contribution is 5.21. The van der Waals surface area contributed by atoms with Crippen molar-refractivity contribution in [3.05, 3.63) is 47.7 Å². The molecule has 20 heavy (non-hydrogen) atoms. The van der Waals surface area contributed by atoms with Crippen molar-refractivity contribution in [2.24, 2.45) is 0 Å². The number of ether oxygens (including phenoxy) is 1. The second kappa shape index (κ2) is 7.77. The first-order valence-corrected chi connectivity index (χ1v) is 6.96. The number of benzene rings is 1. The van der Waals surface area contributed by atoms with Gasteiger partial charge in [-0.25, -0.2) is 0 Å². The average molecular weight is 275 g/mol. The lowest BCUT2D eigenvalue weighted by atomic mass is 10.1. The molecule has 5 heteroatoms. The molecule has 0 fully saturated rings. The van der Waals surface area contributed by atoms with Gasteiger partial charge in [-0.2, -0.15) is 0 Å². The molecule has 1 heterocycles. The van der Waals surface area contributed by atoms with Gasteiger partial charge in [0.15, 0.2) is 6.10 Å². The van der Waals surface area contributed by atoms with Gasteiger partial charge in [0.1, 0.15) is 0 Å². The first-order valence-electron chi connectivity index (χ1n) is 6.96. The van der Waals surface area contributed by atoms with E-state index >= 15 is 0 Å². The Balaban J connectivity index is 1.99. The molecule has 0 aliphatic heterocycles. The molecule has 0 bridgehead atoms. The van der Waals surface area contributed by atoms with Crippen LogP contribution in [0.25, 0.3) is 0 Å². The molecular formula is C15H21N3O2.